The van der Waals surface area contributed by atoms with E-state index in [4.69, 9.17) is 9.72 Å². The summed E-state index contributed by atoms with van der Waals surface area (Å²) in [5.41, 5.74) is 1.87. The Morgan fingerprint density at radius 1 is 1.26 bits per heavy atom. The highest BCUT2D eigenvalue weighted by molar-refractivity contribution is 5.68. The van der Waals surface area contributed by atoms with E-state index in [9.17, 15) is 4.79 Å². The molecule has 1 saturated heterocycles. The van der Waals surface area contributed by atoms with Gasteiger partial charge in [-0.05, 0) is 20.8 Å². The fourth-order valence-electron chi connectivity index (χ4n) is 2.79. The van der Waals surface area contributed by atoms with Crippen LogP contribution in [-0.4, -0.2) is 59.3 Å². The summed E-state index contributed by atoms with van der Waals surface area (Å²) in [7, 11) is 0. The van der Waals surface area contributed by atoms with Crippen molar-refractivity contribution in [1.29, 1.82) is 0 Å². The Balaban J connectivity index is 1.60. The molecule has 1 amide bonds. The predicted molar refractivity (Wildman–Crippen MR) is 87.5 cm³/mol. The summed E-state index contributed by atoms with van der Waals surface area (Å²) < 4.78 is 5.42. The number of hydrogen-bond donors (Lipinski definition) is 1. The maximum Gasteiger partial charge on any atom is 0.410 e. The highest BCUT2D eigenvalue weighted by Gasteiger charge is 2.27. The highest BCUT2D eigenvalue weighted by atomic mass is 16.6. The monoisotopic (exact) mass is 319 g/mol. The average Bonchev–Trinajstić information content (AvgIpc) is 2.53. The fourth-order valence-corrected chi connectivity index (χ4v) is 2.79. The molecule has 1 aromatic rings. The van der Waals surface area contributed by atoms with Gasteiger partial charge in [0.1, 0.15) is 5.60 Å². The van der Waals surface area contributed by atoms with Crippen LogP contribution in [0.4, 0.5) is 10.7 Å². The van der Waals surface area contributed by atoms with Crippen LogP contribution in [0.1, 0.15) is 32.0 Å². The average molecular weight is 319 g/mol. The molecule has 0 radical (unpaired) electrons. The first-order valence-corrected chi connectivity index (χ1v) is 8.21. The number of ether oxygens (including phenoxy) is 1. The van der Waals surface area contributed by atoms with Gasteiger partial charge in [0.2, 0.25) is 5.95 Å². The number of piperazine rings is 1. The summed E-state index contributed by atoms with van der Waals surface area (Å²) in [5, 5.41) is 3.33. The van der Waals surface area contributed by atoms with Crippen LogP contribution in [-0.2, 0) is 17.7 Å². The first kappa shape index (κ1) is 16.0. The second-order valence-electron chi connectivity index (χ2n) is 7.02. The fraction of sp³-hybridized carbons (Fsp3) is 0.688. The summed E-state index contributed by atoms with van der Waals surface area (Å²) in [6.45, 7) is 10.2. The van der Waals surface area contributed by atoms with Gasteiger partial charge in [-0.25, -0.2) is 14.8 Å². The summed E-state index contributed by atoms with van der Waals surface area (Å²) in [6, 6.07) is 0. The third-order valence-electron chi connectivity index (χ3n) is 4.01. The summed E-state index contributed by atoms with van der Waals surface area (Å²) in [6.07, 6.45) is 2.63. The minimum Gasteiger partial charge on any atom is -0.444 e. The van der Waals surface area contributed by atoms with E-state index in [1.165, 1.54) is 5.56 Å². The maximum atomic E-state index is 12.1. The van der Waals surface area contributed by atoms with E-state index in [0.29, 0.717) is 13.1 Å². The van der Waals surface area contributed by atoms with Gasteiger partial charge in [0.25, 0.3) is 0 Å². The van der Waals surface area contributed by atoms with E-state index in [2.05, 4.69) is 15.2 Å². The first-order chi connectivity index (χ1) is 10.9. The Bertz CT molecular complexity index is 576. The predicted octanol–water partition coefficient (Wildman–Crippen LogP) is 1.18. The summed E-state index contributed by atoms with van der Waals surface area (Å²) in [4.78, 5) is 25.2. The Hall–Kier alpha value is -1.89. The van der Waals surface area contributed by atoms with Gasteiger partial charge in [-0.2, -0.15) is 0 Å². The molecule has 0 aliphatic carbocycles. The molecule has 0 spiro atoms. The molecular formula is C16H25N5O2. The number of fused-ring (bicyclic) bond motifs is 1. The Morgan fingerprint density at radius 3 is 2.70 bits per heavy atom. The molecule has 1 fully saturated rings. The standard InChI is InChI=1S/C16H25N5O2/c1-16(2,3)23-15(22)21-8-6-20(7-9-21)14-18-11-12-10-17-5-4-13(12)19-14/h11,17H,4-10H2,1-3H3. The van der Waals surface area contributed by atoms with Gasteiger partial charge < -0.3 is 19.9 Å². The molecule has 0 bridgehead atoms. The molecule has 3 rings (SSSR count). The van der Waals surface area contributed by atoms with Crippen molar-refractivity contribution in [2.75, 3.05) is 37.6 Å². The zero-order chi connectivity index (χ0) is 16.4. The van der Waals surface area contributed by atoms with E-state index in [-0.39, 0.29) is 6.09 Å². The van der Waals surface area contributed by atoms with Gasteiger partial charge in [0.05, 0.1) is 5.69 Å². The van der Waals surface area contributed by atoms with Crippen molar-refractivity contribution in [3.8, 4) is 0 Å². The number of nitrogens with zero attached hydrogens (tertiary/aromatic N) is 4. The van der Waals surface area contributed by atoms with Crippen LogP contribution < -0.4 is 10.2 Å². The van der Waals surface area contributed by atoms with Crippen molar-refractivity contribution in [2.45, 2.75) is 39.3 Å². The Labute approximate surface area is 137 Å². The van der Waals surface area contributed by atoms with E-state index >= 15 is 0 Å². The number of aromatic nitrogens is 2. The molecular weight excluding hydrogens is 294 g/mol. The third-order valence-corrected chi connectivity index (χ3v) is 4.01. The van der Waals surface area contributed by atoms with E-state index in [0.717, 1.165) is 44.2 Å². The van der Waals surface area contributed by atoms with Crippen molar-refractivity contribution in [2.24, 2.45) is 0 Å². The summed E-state index contributed by atoms with van der Waals surface area (Å²) in [5.74, 6) is 0.773. The van der Waals surface area contributed by atoms with Crippen molar-refractivity contribution >= 4 is 12.0 Å². The largest absolute Gasteiger partial charge is 0.444 e. The van der Waals surface area contributed by atoms with Gasteiger partial charge in [0.15, 0.2) is 0 Å². The highest BCUT2D eigenvalue weighted by Crippen LogP contribution is 2.17. The van der Waals surface area contributed by atoms with E-state index < -0.39 is 5.60 Å². The maximum absolute atomic E-state index is 12.1. The van der Waals surface area contributed by atoms with Crippen LogP contribution in [0.2, 0.25) is 0 Å². The molecule has 0 unspecified atom stereocenters. The molecule has 2 aliphatic rings. The number of rotatable bonds is 1. The molecule has 2 aliphatic heterocycles. The molecule has 0 atom stereocenters. The van der Waals surface area contributed by atoms with Gasteiger partial charge in [-0.15, -0.1) is 0 Å². The Morgan fingerprint density at radius 2 is 2.00 bits per heavy atom. The lowest BCUT2D eigenvalue weighted by Gasteiger charge is -2.35. The van der Waals surface area contributed by atoms with Gasteiger partial charge >= 0.3 is 6.09 Å². The molecule has 1 N–H and O–H groups in total. The number of nitrogens with one attached hydrogen (secondary N) is 1. The second kappa shape index (κ2) is 6.31. The Kier molecular flexibility index (Phi) is 4.39. The van der Waals surface area contributed by atoms with Gasteiger partial charge in [-0.3, -0.25) is 0 Å². The number of carbonyl (C=O) groups excluding carboxylic acids is 1. The van der Waals surface area contributed by atoms with Crippen LogP contribution in [0.3, 0.4) is 0 Å². The first-order valence-electron chi connectivity index (χ1n) is 8.21. The topological polar surface area (TPSA) is 70.6 Å². The minimum atomic E-state index is -0.455. The molecule has 1 aromatic heterocycles. The van der Waals surface area contributed by atoms with Gasteiger partial charge in [-0.1, -0.05) is 0 Å². The number of anilines is 1. The summed E-state index contributed by atoms with van der Waals surface area (Å²) >= 11 is 0. The third kappa shape index (κ3) is 3.90. The van der Waals surface area contributed by atoms with Crippen molar-refractivity contribution < 1.29 is 9.53 Å². The van der Waals surface area contributed by atoms with Crippen molar-refractivity contribution in [3.05, 3.63) is 17.5 Å². The lowest BCUT2D eigenvalue weighted by Crippen LogP contribution is -2.50. The minimum absolute atomic E-state index is 0.241. The molecule has 23 heavy (non-hydrogen) atoms. The zero-order valence-electron chi connectivity index (χ0n) is 14.1. The SMILES string of the molecule is CC(C)(C)OC(=O)N1CCN(c2ncc3c(n2)CCNC3)CC1. The van der Waals surface area contributed by atoms with Crippen LogP contribution >= 0.6 is 0 Å². The van der Waals surface area contributed by atoms with E-state index in [1.54, 1.807) is 4.90 Å². The lowest BCUT2D eigenvalue weighted by atomic mass is 10.1. The molecule has 126 valence electrons. The number of amides is 1. The van der Waals surface area contributed by atoms with Crippen LogP contribution in [0.5, 0.6) is 0 Å². The number of hydrogen-bond acceptors (Lipinski definition) is 6. The van der Waals surface area contributed by atoms with Crippen molar-refractivity contribution in [3.63, 3.8) is 0 Å². The quantitative estimate of drug-likeness (QED) is 0.838. The second-order valence-corrected chi connectivity index (χ2v) is 7.02. The number of carbonyl (C=O) groups is 1. The normalized spacial score (nSPS) is 18.6. The molecule has 3 heterocycles. The molecule has 7 nitrogen and oxygen atoms in total. The molecule has 0 saturated carbocycles. The van der Waals surface area contributed by atoms with Gasteiger partial charge in [0, 0.05) is 57.4 Å². The molecule has 7 heteroatoms. The zero-order valence-corrected chi connectivity index (χ0v) is 14.1. The molecule has 0 aromatic carbocycles. The smallest absolute Gasteiger partial charge is 0.410 e. The van der Waals surface area contributed by atoms with Crippen LogP contribution in [0, 0.1) is 0 Å². The van der Waals surface area contributed by atoms with Crippen molar-refractivity contribution in [1.82, 2.24) is 20.2 Å². The van der Waals surface area contributed by atoms with Crippen LogP contribution in [0.25, 0.3) is 0 Å². The van der Waals surface area contributed by atoms with E-state index in [1.807, 2.05) is 27.0 Å². The van der Waals surface area contributed by atoms with Crippen LogP contribution in [0.15, 0.2) is 6.20 Å². The lowest BCUT2D eigenvalue weighted by molar-refractivity contribution is 0.0240.